The first-order valence-electron chi connectivity index (χ1n) is 11.1. The molecule has 4 N–H and O–H groups in total. The lowest BCUT2D eigenvalue weighted by atomic mass is 10.1. The normalized spacial score (nSPS) is 35.9. The van der Waals surface area contributed by atoms with Gasteiger partial charge in [-0.05, 0) is 12.8 Å². The Balaban J connectivity index is 2.64. The highest BCUT2D eigenvalue weighted by Crippen LogP contribution is 2.72. The number of hydrogen-bond acceptors (Lipinski definition) is 6. The smallest absolute Gasteiger partial charge is 0.148 e. The second-order valence-corrected chi connectivity index (χ2v) is 14.8. The van der Waals surface area contributed by atoms with Crippen LogP contribution >= 0.6 is 14.3 Å². The zero-order valence-corrected chi connectivity index (χ0v) is 19.5. The largest absolute Gasteiger partial charge is 0.382 e. The van der Waals surface area contributed by atoms with Crippen molar-refractivity contribution in [2.45, 2.75) is 114 Å². The Hall–Kier alpha value is 0.300. The van der Waals surface area contributed by atoms with Gasteiger partial charge in [-0.15, -0.1) is 0 Å². The molecule has 0 aromatic heterocycles. The highest BCUT2D eigenvalue weighted by Gasteiger charge is 2.60. The van der Waals surface area contributed by atoms with Crippen LogP contribution in [-0.2, 0) is 9.13 Å². The van der Waals surface area contributed by atoms with Gasteiger partial charge in [-0.1, -0.05) is 78.1 Å². The standard InChI is InChI=1S/C20H42O6P2/c1-3-5-7-9-11-13-15-27(25)17(21)19(23)28(26,20(24)18(27)22)16-14-12-10-8-6-4-2/h17-24H,3-16H2,1-2H3. The van der Waals surface area contributed by atoms with Crippen molar-refractivity contribution in [2.75, 3.05) is 12.3 Å². The van der Waals surface area contributed by atoms with E-state index in [4.69, 9.17) is 0 Å². The number of aliphatic hydroxyl groups excluding tert-OH is 4. The van der Waals surface area contributed by atoms with Crippen molar-refractivity contribution in [3.8, 4) is 0 Å². The van der Waals surface area contributed by atoms with Crippen molar-refractivity contribution in [1.82, 2.24) is 0 Å². The summed E-state index contributed by atoms with van der Waals surface area (Å²) in [4.78, 5) is 0. The Morgan fingerprint density at radius 1 is 0.500 bits per heavy atom. The first-order valence-corrected chi connectivity index (χ1v) is 15.2. The fourth-order valence-corrected chi connectivity index (χ4v) is 11.7. The Morgan fingerprint density at radius 2 is 0.750 bits per heavy atom. The van der Waals surface area contributed by atoms with Gasteiger partial charge in [-0.3, -0.25) is 0 Å². The minimum atomic E-state index is -3.66. The molecule has 6 nitrogen and oxygen atoms in total. The fourth-order valence-electron chi connectivity index (χ4n) is 4.02. The molecule has 0 aromatic rings. The van der Waals surface area contributed by atoms with Crippen molar-refractivity contribution < 1.29 is 29.6 Å². The Bertz CT molecular complexity index is 457. The van der Waals surface area contributed by atoms with Gasteiger partial charge in [0.05, 0.1) is 0 Å². The molecule has 4 atom stereocenters. The van der Waals surface area contributed by atoms with Crippen molar-refractivity contribution in [2.24, 2.45) is 0 Å². The molecule has 1 fully saturated rings. The maximum atomic E-state index is 13.2. The van der Waals surface area contributed by atoms with Crippen LogP contribution in [0.3, 0.4) is 0 Å². The van der Waals surface area contributed by atoms with Gasteiger partial charge in [0.25, 0.3) is 0 Å². The molecule has 1 aliphatic heterocycles. The molecule has 1 heterocycles. The zero-order chi connectivity index (χ0) is 21.2. The van der Waals surface area contributed by atoms with Crippen LogP contribution in [0.25, 0.3) is 0 Å². The molecular formula is C20H42O6P2. The summed E-state index contributed by atoms with van der Waals surface area (Å²) in [6.45, 7) is 4.25. The van der Waals surface area contributed by atoms with Gasteiger partial charge in [0.2, 0.25) is 0 Å². The molecule has 1 saturated heterocycles. The topological polar surface area (TPSA) is 115 Å². The molecule has 4 unspecified atom stereocenters. The second-order valence-electron chi connectivity index (χ2n) is 8.35. The first kappa shape index (κ1) is 26.3. The van der Waals surface area contributed by atoms with Crippen LogP contribution in [-0.4, -0.2) is 56.1 Å². The Kier molecular flexibility index (Phi) is 12.1. The summed E-state index contributed by atoms with van der Waals surface area (Å²) in [5, 5.41) is 41.9. The van der Waals surface area contributed by atoms with Crippen LogP contribution in [0.1, 0.15) is 90.9 Å². The maximum absolute atomic E-state index is 13.2. The van der Waals surface area contributed by atoms with Gasteiger partial charge in [0, 0.05) is 12.3 Å². The van der Waals surface area contributed by atoms with Crippen molar-refractivity contribution in [3.05, 3.63) is 0 Å². The van der Waals surface area contributed by atoms with Crippen LogP contribution in [0.4, 0.5) is 0 Å². The molecule has 0 spiro atoms. The number of rotatable bonds is 14. The van der Waals surface area contributed by atoms with Gasteiger partial charge < -0.3 is 29.6 Å². The van der Waals surface area contributed by atoms with E-state index in [1.807, 2.05) is 0 Å². The fraction of sp³-hybridized carbons (Fsp3) is 1.00. The summed E-state index contributed by atoms with van der Waals surface area (Å²) in [6, 6.07) is 0. The Labute approximate surface area is 170 Å². The quantitative estimate of drug-likeness (QED) is 0.229. The molecule has 0 saturated carbocycles. The predicted octanol–water partition coefficient (Wildman–Crippen LogP) is 4.72. The van der Waals surface area contributed by atoms with Crippen LogP contribution in [0.2, 0.25) is 0 Å². The molecule has 0 aliphatic carbocycles. The van der Waals surface area contributed by atoms with E-state index in [0.717, 1.165) is 64.2 Å². The van der Waals surface area contributed by atoms with Crippen molar-refractivity contribution in [3.63, 3.8) is 0 Å². The molecule has 0 bridgehead atoms. The molecule has 0 radical (unpaired) electrons. The van der Waals surface area contributed by atoms with Crippen LogP contribution in [0.15, 0.2) is 0 Å². The monoisotopic (exact) mass is 440 g/mol. The lowest BCUT2D eigenvalue weighted by molar-refractivity contribution is 0.0622. The van der Waals surface area contributed by atoms with Gasteiger partial charge in [0.15, 0.2) is 0 Å². The van der Waals surface area contributed by atoms with E-state index in [-0.39, 0.29) is 12.3 Å². The minimum Gasteiger partial charge on any atom is -0.382 e. The number of hydrogen-bond donors (Lipinski definition) is 4. The van der Waals surface area contributed by atoms with Gasteiger partial charge in [0.1, 0.15) is 37.7 Å². The lowest BCUT2D eigenvalue weighted by Gasteiger charge is -2.44. The molecule has 28 heavy (non-hydrogen) atoms. The van der Waals surface area contributed by atoms with Crippen molar-refractivity contribution in [1.29, 1.82) is 0 Å². The average Bonchev–Trinajstić information content (AvgIpc) is 2.69. The molecule has 0 amide bonds. The van der Waals surface area contributed by atoms with Crippen LogP contribution < -0.4 is 0 Å². The van der Waals surface area contributed by atoms with E-state index in [1.165, 1.54) is 0 Å². The van der Waals surface area contributed by atoms with Gasteiger partial charge >= 0.3 is 0 Å². The van der Waals surface area contributed by atoms with E-state index in [1.54, 1.807) is 0 Å². The molecule has 1 rings (SSSR count). The minimum absolute atomic E-state index is 0.0621. The molecular weight excluding hydrogens is 398 g/mol. The summed E-state index contributed by atoms with van der Waals surface area (Å²) in [6.07, 6.45) is 11.6. The number of unbranched alkanes of at least 4 members (excludes halogenated alkanes) is 10. The summed E-state index contributed by atoms with van der Waals surface area (Å²) in [7, 11) is -7.32. The van der Waals surface area contributed by atoms with E-state index in [2.05, 4.69) is 13.8 Å². The third kappa shape index (κ3) is 6.65. The third-order valence-corrected chi connectivity index (χ3v) is 13.3. The van der Waals surface area contributed by atoms with Gasteiger partial charge in [-0.2, -0.15) is 0 Å². The van der Waals surface area contributed by atoms with E-state index >= 15 is 0 Å². The second kappa shape index (κ2) is 12.9. The van der Waals surface area contributed by atoms with E-state index in [0.29, 0.717) is 12.8 Å². The van der Waals surface area contributed by atoms with Crippen LogP contribution in [0, 0.1) is 0 Å². The zero-order valence-electron chi connectivity index (χ0n) is 17.7. The molecule has 0 aromatic carbocycles. The first-order chi connectivity index (χ1) is 13.3. The average molecular weight is 440 g/mol. The lowest BCUT2D eigenvalue weighted by Crippen LogP contribution is -2.45. The van der Waals surface area contributed by atoms with Crippen LogP contribution in [0.5, 0.6) is 0 Å². The SMILES string of the molecule is CCCCCCCCP1(=O)C(O)C(O)P(=O)(CCCCCCCC)C(O)C1O. The van der Waals surface area contributed by atoms with E-state index in [9.17, 15) is 29.6 Å². The third-order valence-electron chi connectivity index (χ3n) is 6.05. The molecule has 168 valence electrons. The van der Waals surface area contributed by atoms with E-state index < -0.39 is 37.7 Å². The highest BCUT2D eigenvalue weighted by atomic mass is 31.2. The Morgan fingerprint density at radius 3 is 1.04 bits per heavy atom. The molecule has 8 heteroatoms. The van der Waals surface area contributed by atoms with Crippen molar-refractivity contribution >= 4 is 14.3 Å². The summed E-state index contributed by atoms with van der Waals surface area (Å²) in [5.74, 6) is -6.86. The summed E-state index contributed by atoms with van der Waals surface area (Å²) in [5.41, 5.74) is 0. The predicted molar refractivity (Wildman–Crippen MR) is 116 cm³/mol. The summed E-state index contributed by atoms with van der Waals surface area (Å²) < 4.78 is 26.4. The number of aliphatic hydroxyl groups is 4. The van der Waals surface area contributed by atoms with Gasteiger partial charge in [-0.25, -0.2) is 0 Å². The molecule has 1 aliphatic rings. The highest BCUT2D eigenvalue weighted by molar-refractivity contribution is 7.72. The summed E-state index contributed by atoms with van der Waals surface area (Å²) >= 11 is 0. The maximum Gasteiger partial charge on any atom is 0.148 e.